The molecule has 2 aromatic rings. The molecular weight excluding hydrogens is 383 g/mol. The van der Waals surface area contributed by atoms with Crippen molar-refractivity contribution in [2.24, 2.45) is 5.73 Å². The first kappa shape index (κ1) is 17.8. The van der Waals surface area contributed by atoms with Crippen LogP contribution in [0.25, 0.3) is 0 Å². The molecule has 4 N–H and O–H groups in total. The van der Waals surface area contributed by atoms with Gasteiger partial charge in [0, 0.05) is 11.1 Å². The number of nitrogens with one attached hydrogen (secondary N) is 1. The Kier molecular flexibility index (Phi) is 5.33. The fourth-order valence-electron chi connectivity index (χ4n) is 1.68. The monoisotopic (exact) mass is 392 g/mol. The van der Waals surface area contributed by atoms with E-state index >= 15 is 0 Å². The predicted molar refractivity (Wildman–Crippen MR) is 93.2 cm³/mol. The molecule has 0 amide bonds. The van der Waals surface area contributed by atoms with Gasteiger partial charge in [0.1, 0.15) is 10.6 Å². The zero-order valence-corrected chi connectivity index (χ0v) is 14.4. The van der Waals surface area contributed by atoms with Crippen LogP contribution in [0.2, 0.25) is 10.0 Å². The van der Waals surface area contributed by atoms with E-state index in [1.807, 2.05) is 0 Å². The van der Waals surface area contributed by atoms with Gasteiger partial charge < -0.3 is 15.8 Å². The van der Waals surface area contributed by atoms with Crippen molar-refractivity contribution in [3.63, 3.8) is 0 Å². The highest BCUT2D eigenvalue weighted by Crippen LogP contribution is 2.36. The van der Waals surface area contributed by atoms with Gasteiger partial charge in [-0.05, 0) is 42.5 Å². The molecule has 0 aliphatic carbocycles. The molecule has 0 radical (unpaired) electrons. The van der Waals surface area contributed by atoms with Crippen molar-refractivity contribution in [2.45, 2.75) is 4.90 Å². The van der Waals surface area contributed by atoms with E-state index in [0.717, 1.165) is 6.07 Å². The Hall–Kier alpha value is -1.58. The van der Waals surface area contributed by atoms with E-state index in [9.17, 15) is 13.0 Å². The number of halogens is 2. The fourth-order valence-corrected chi connectivity index (χ4v) is 2.93. The van der Waals surface area contributed by atoms with Crippen LogP contribution in [0, 0.1) is 0 Å². The van der Waals surface area contributed by atoms with Crippen LogP contribution in [0.15, 0.2) is 41.3 Å². The Morgan fingerprint density at radius 3 is 2.35 bits per heavy atom. The normalized spacial score (nSPS) is 11.1. The minimum Gasteiger partial charge on any atom is -0.455 e. The van der Waals surface area contributed by atoms with Crippen LogP contribution in [-0.2, 0) is 10.1 Å². The minimum absolute atomic E-state index is 0.0529. The third kappa shape index (κ3) is 4.69. The summed E-state index contributed by atoms with van der Waals surface area (Å²) < 4.78 is 37.5. The van der Waals surface area contributed by atoms with Gasteiger partial charge in [0.05, 0.1) is 10.7 Å². The molecule has 0 fully saturated rings. The molecule has 0 atom stereocenters. The van der Waals surface area contributed by atoms with Gasteiger partial charge in [-0.25, -0.2) is 0 Å². The molecule has 6 nitrogen and oxygen atoms in total. The van der Waals surface area contributed by atoms with Gasteiger partial charge in [0.2, 0.25) is 0 Å². The van der Waals surface area contributed by atoms with E-state index in [1.54, 1.807) is 24.3 Å². The third-order valence-electron chi connectivity index (χ3n) is 2.61. The van der Waals surface area contributed by atoms with Crippen LogP contribution < -0.4 is 15.8 Å². The summed E-state index contributed by atoms with van der Waals surface area (Å²) in [6, 6.07) is 8.64. The summed E-state index contributed by atoms with van der Waals surface area (Å²) >= 11 is 16.4. The van der Waals surface area contributed by atoms with Gasteiger partial charge in [-0.1, -0.05) is 23.2 Å². The number of ether oxygens (including phenoxy) is 1. The first-order valence-corrected chi connectivity index (χ1v) is 8.58. The van der Waals surface area contributed by atoms with Gasteiger partial charge in [0.15, 0.2) is 10.9 Å². The molecule has 0 heterocycles. The highest BCUT2D eigenvalue weighted by atomic mass is 35.5. The molecule has 23 heavy (non-hydrogen) atoms. The SMILES string of the molecule is NC(=S)Nc1cc(Cl)c(S(=O)(=O)O)cc1Oc1ccc(Cl)cc1. The molecule has 0 saturated heterocycles. The summed E-state index contributed by atoms with van der Waals surface area (Å²) in [4.78, 5) is -0.503. The van der Waals surface area contributed by atoms with Crippen molar-refractivity contribution >= 4 is 56.3 Å². The summed E-state index contributed by atoms with van der Waals surface area (Å²) in [5.74, 6) is 0.432. The lowest BCUT2D eigenvalue weighted by molar-refractivity contribution is 0.473. The van der Waals surface area contributed by atoms with Gasteiger partial charge >= 0.3 is 0 Å². The lowest BCUT2D eigenvalue weighted by atomic mass is 10.3. The van der Waals surface area contributed by atoms with Crippen LogP contribution in [0.4, 0.5) is 5.69 Å². The molecule has 0 aliphatic rings. The molecular formula is C13H10Cl2N2O4S2. The summed E-state index contributed by atoms with van der Waals surface area (Å²) in [7, 11) is -4.53. The average Bonchev–Trinajstić information content (AvgIpc) is 2.42. The van der Waals surface area contributed by atoms with Gasteiger partial charge in [0.25, 0.3) is 10.1 Å². The predicted octanol–water partition coefficient (Wildman–Crippen LogP) is 3.69. The average molecular weight is 393 g/mol. The second-order valence-electron chi connectivity index (χ2n) is 4.30. The number of hydrogen-bond acceptors (Lipinski definition) is 4. The van der Waals surface area contributed by atoms with Crippen molar-refractivity contribution in [1.29, 1.82) is 0 Å². The van der Waals surface area contributed by atoms with E-state index < -0.39 is 15.0 Å². The Bertz CT molecular complexity index is 855. The Morgan fingerprint density at radius 1 is 1.22 bits per heavy atom. The first-order valence-electron chi connectivity index (χ1n) is 5.98. The first-order chi connectivity index (χ1) is 10.7. The molecule has 122 valence electrons. The molecule has 0 unspecified atom stereocenters. The maximum Gasteiger partial charge on any atom is 0.296 e. The maximum absolute atomic E-state index is 11.4. The fraction of sp³-hybridized carbons (Fsp3) is 0. The Morgan fingerprint density at radius 2 is 1.83 bits per heavy atom. The van der Waals surface area contributed by atoms with Crippen LogP contribution in [-0.4, -0.2) is 18.1 Å². The van der Waals surface area contributed by atoms with Crippen molar-refractivity contribution in [2.75, 3.05) is 5.32 Å². The zero-order valence-electron chi connectivity index (χ0n) is 11.3. The number of thiocarbonyl (C=S) groups is 1. The molecule has 2 aromatic carbocycles. The number of anilines is 1. The smallest absolute Gasteiger partial charge is 0.296 e. The van der Waals surface area contributed by atoms with Gasteiger partial charge in [-0.2, -0.15) is 8.42 Å². The van der Waals surface area contributed by atoms with E-state index in [0.29, 0.717) is 10.8 Å². The van der Waals surface area contributed by atoms with E-state index in [-0.39, 0.29) is 21.6 Å². The van der Waals surface area contributed by atoms with Gasteiger partial charge in [-0.3, -0.25) is 4.55 Å². The van der Waals surface area contributed by atoms with Crippen molar-refractivity contribution in [1.82, 2.24) is 0 Å². The standard InChI is InChI=1S/C13H10Cl2N2O4S2/c14-7-1-3-8(4-2-7)21-11-6-12(23(18,19)20)9(15)5-10(11)17-13(16)22/h1-6H,(H3,16,17,22)(H,18,19,20). The molecule has 10 heteroatoms. The Labute approximate surface area is 147 Å². The largest absolute Gasteiger partial charge is 0.455 e. The summed E-state index contributed by atoms with van der Waals surface area (Å²) in [6.45, 7) is 0. The molecule has 0 saturated carbocycles. The lowest BCUT2D eigenvalue weighted by Crippen LogP contribution is -2.19. The van der Waals surface area contributed by atoms with Gasteiger partial charge in [-0.15, -0.1) is 0 Å². The molecule has 2 rings (SSSR count). The van der Waals surface area contributed by atoms with E-state index in [1.165, 1.54) is 6.07 Å². The van der Waals surface area contributed by atoms with Crippen molar-refractivity contribution in [3.05, 3.63) is 46.4 Å². The number of nitrogens with two attached hydrogens (primary N) is 1. The van der Waals surface area contributed by atoms with Crippen molar-refractivity contribution < 1.29 is 17.7 Å². The molecule has 0 bridgehead atoms. The van der Waals surface area contributed by atoms with E-state index in [4.69, 9.17) is 45.9 Å². The number of benzene rings is 2. The zero-order chi connectivity index (χ0) is 17.2. The molecule has 0 aliphatic heterocycles. The summed E-state index contributed by atoms with van der Waals surface area (Å²) in [5.41, 5.74) is 5.66. The van der Waals surface area contributed by atoms with Crippen LogP contribution in [0.3, 0.4) is 0 Å². The maximum atomic E-state index is 11.4. The highest BCUT2D eigenvalue weighted by Gasteiger charge is 2.19. The highest BCUT2D eigenvalue weighted by molar-refractivity contribution is 7.86. The lowest BCUT2D eigenvalue weighted by Gasteiger charge is -2.14. The summed E-state index contributed by atoms with van der Waals surface area (Å²) in [5, 5.41) is 2.85. The number of hydrogen-bond donors (Lipinski definition) is 3. The van der Waals surface area contributed by atoms with Crippen molar-refractivity contribution in [3.8, 4) is 11.5 Å². The van der Waals surface area contributed by atoms with Crippen LogP contribution in [0.5, 0.6) is 11.5 Å². The Balaban J connectivity index is 2.52. The molecule has 0 spiro atoms. The second-order valence-corrected chi connectivity index (χ2v) is 6.97. The molecule has 0 aromatic heterocycles. The van der Waals surface area contributed by atoms with Crippen LogP contribution in [0.1, 0.15) is 0 Å². The minimum atomic E-state index is -4.53. The third-order valence-corrected chi connectivity index (χ3v) is 4.28. The topological polar surface area (TPSA) is 102 Å². The van der Waals surface area contributed by atoms with Crippen LogP contribution >= 0.6 is 35.4 Å². The van der Waals surface area contributed by atoms with E-state index in [2.05, 4.69) is 5.32 Å². The summed E-state index contributed by atoms with van der Waals surface area (Å²) in [6.07, 6.45) is 0. The number of rotatable bonds is 4. The quantitative estimate of drug-likeness (QED) is 0.538. The second kappa shape index (κ2) is 6.90.